The molecule has 5 heteroatoms. The van der Waals surface area contributed by atoms with Gasteiger partial charge in [-0.1, -0.05) is 34.8 Å². The maximum absolute atomic E-state index is 11.5. The first kappa shape index (κ1) is 12.6. The van der Waals surface area contributed by atoms with Crippen LogP contribution in [-0.2, 0) is 0 Å². The normalized spacial score (nSPS) is 11.3. The van der Waals surface area contributed by atoms with Gasteiger partial charge in [0.25, 0.3) is 3.79 Å². The monoisotopic (exact) mass is 265 g/mol. The molecule has 0 aliphatic carbocycles. The van der Waals surface area contributed by atoms with Crippen LogP contribution in [0.25, 0.3) is 0 Å². The Morgan fingerprint density at radius 3 is 1.93 bits per heavy atom. The van der Waals surface area contributed by atoms with Crippen LogP contribution >= 0.6 is 34.8 Å². The van der Waals surface area contributed by atoms with Crippen LogP contribution in [0.1, 0.15) is 10.4 Å². The molecule has 0 fully saturated rings. The second-order valence-corrected chi connectivity index (χ2v) is 5.55. The van der Waals surface area contributed by atoms with Gasteiger partial charge in [-0.25, -0.2) is 0 Å². The number of carbonyl (C=O) groups is 1. The summed E-state index contributed by atoms with van der Waals surface area (Å²) in [5.41, 5.74) is 1.37. The van der Waals surface area contributed by atoms with Crippen molar-refractivity contribution < 1.29 is 4.79 Å². The van der Waals surface area contributed by atoms with Gasteiger partial charge in [0.05, 0.1) is 0 Å². The quantitative estimate of drug-likeness (QED) is 0.605. The minimum Gasteiger partial charge on any atom is -0.378 e. The largest absolute Gasteiger partial charge is 0.378 e. The molecule has 0 saturated heterocycles. The van der Waals surface area contributed by atoms with Crippen molar-refractivity contribution in [3.05, 3.63) is 29.8 Å². The molecule has 2 nitrogen and oxygen atoms in total. The fourth-order valence-electron chi connectivity index (χ4n) is 1.07. The molecule has 15 heavy (non-hydrogen) atoms. The van der Waals surface area contributed by atoms with E-state index in [0.29, 0.717) is 5.56 Å². The van der Waals surface area contributed by atoms with Crippen LogP contribution in [0.3, 0.4) is 0 Å². The smallest absolute Gasteiger partial charge is 0.253 e. The van der Waals surface area contributed by atoms with Gasteiger partial charge in [-0.05, 0) is 24.3 Å². The van der Waals surface area contributed by atoms with Gasteiger partial charge < -0.3 is 4.90 Å². The summed E-state index contributed by atoms with van der Waals surface area (Å²) in [6, 6.07) is 6.87. The van der Waals surface area contributed by atoms with Gasteiger partial charge in [0.15, 0.2) is 0 Å². The molecule has 0 aromatic heterocycles. The van der Waals surface area contributed by atoms with Crippen molar-refractivity contribution in [1.82, 2.24) is 0 Å². The number of halogens is 3. The minimum absolute atomic E-state index is 0.389. The molecular weight excluding hydrogens is 256 g/mol. The summed E-state index contributed by atoms with van der Waals surface area (Å²) in [5.74, 6) is -0.516. The van der Waals surface area contributed by atoms with E-state index in [1.165, 1.54) is 0 Å². The van der Waals surface area contributed by atoms with Gasteiger partial charge in [0, 0.05) is 25.3 Å². The maximum atomic E-state index is 11.5. The highest BCUT2D eigenvalue weighted by Gasteiger charge is 2.31. The fourth-order valence-corrected chi connectivity index (χ4v) is 1.40. The van der Waals surface area contributed by atoms with Crippen LogP contribution in [0.15, 0.2) is 24.3 Å². The highest BCUT2D eigenvalue weighted by Crippen LogP contribution is 2.30. The molecule has 0 bridgehead atoms. The Morgan fingerprint density at radius 2 is 1.60 bits per heavy atom. The molecule has 0 aliphatic heterocycles. The number of carbonyl (C=O) groups excluding carboxylic acids is 1. The predicted octanol–water partition coefficient (Wildman–Crippen LogP) is 3.31. The molecule has 0 amide bonds. The average molecular weight is 267 g/mol. The van der Waals surface area contributed by atoms with E-state index in [-0.39, 0.29) is 0 Å². The topological polar surface area (TPSA) is 20.3 Å². The molecule has 0 N–H and O–H groups in total. The van der Waals surface area contributed by atoms with Crippen molar-refractivity contribution in [2.75, 3.05) is 19.0 Å². The second-order valence-electron chi connectivity index (χ2n) is 3.27. The van der Waals surface area contributed by atoms with Crippen molar-refractivity contribution in [3.63, 3.8) is 0 Å². The van der Waals surface area contributed by atoms with Crippen molar-refractivity contribution in [2.24, 2.45) is 0 Å². The molecule has 0 unspecified atom stereocenters. The van der Waals surface area contributed by atoms with Gasteiger partial charge in [-0.2, -0.15) is 0 Å². The third kappa shape index (κ3) is 3.26. The zero-order valence-corrected chi connectivity index (χ0v) is 10.6. The predicted molar refractivity (Wildman–Crippen MR) is 65.4 cm³/mol. The molecule has 0 aliphatic rings. The Labute approximate surface area is 104 Å². The van der Waals surface area contributed by atoms with Gasteiger partial charge in [-0.15, -0.1) is 0 Å². The Morgan fingerprint density at radius 1 is 1.13 bits per heavy atom. The first-order valence-electron chi connectivity index (χ1n) is 4.21. The number of benzene rings is 1. The number of hydrogen-bond donors (Lipinski definition) is 0. The molecular formula is C10H10Cl3NO. The van der Waals surface area contributed by atoms with Crippen LogP contribution in [0.5, 0.6) is 0 Å². The lowest BCUT2D eigenvalue weighted by Gasteiger charge is -2.13. The second kappa shape index (κ2) is 4.60. The maximum Gasteiger partial charge on any atom is 0.253 e. The molecule has 1 aromatic rings. The highest BCUT2D eigenvalue weighted by atomic mass is 35.6. The zero-order valence-electron chi connectivity index (χ0n) is 8.30. The summed E-state index contributed by atoms with van der Waals surface area (Å²) >= 11 is 16.5. The number of nitrogens with zero attached hydrogens (tertiary/aromatic N) is 1. The molecule has 82 valence electrons. The Balaban J connectivity index is 2.95. The van der Waals surface area contributed by atoms with Gasteiger partial charge in [0.2, 0.25) is 5.78 Å². The van der Waals surface area contributed by atoms with Gasteiger partial charge in [0.1, 0.15) is 0 Å². The van der Waals surface area contributed by atoms with Crippen molar-refractivity contribution >= 4 is 46.3 Å². The average Bonchev–Trinajstić information content (AvgIpc) is 2.15. The summed E-state index contributed by atoms with van der Waals surface area (Å²) in [5, 5.41) is 0. The number of Topliss-reactive ketones (excluding diaryl/α,β-unsaturated/α-hetero) is 1. The standard InChI is InChI=1S/C10H10Cl3NO/c1-14(2)8-5-3-7(4-6-8)9(15)10(11,12)13/h3-6H,1-2H3. The van der Waals surface area contributed by atoms with Gasteiger partial charge >= 0.3 is 0 Å². The van der Waals surface area contributed by atoms with E-state index in [4.69, 9.17) is 34.8 Å². The molecule has 1 rings (SSSR count). The number of rotatable bonds is 2. The van der Waals surface area contributed by atoms with E-state index in [9.17, 15) is 4.79 Å². The lowest BCUT2D eigenvalue weighted by molar-refractivity contribution is 0.0996. The Kier molecular flexibility index (Phi) is 3.87. The molecule has 0 spiro atoms. The molecule has 0 radical (unpaired) electrons. The van der Waals surface area contributed by atoms with E-state index in [2.05, 4.69) is 0 Å². The lowest BCUT2D eigenvalue weighted by atomic mass is 10.1. The molecule has 0 atom stereocenters. The van der Waals surface area contributed by atoms with E-state index < -0.39 is 9.58 Å². The van der Waals surface area contributed by atoms with Crippen LogP contribution < -0.4 is 4.90 Å². The molecule has 0 heterocycles. The number of ketones is 1. The third-order valence-electron chi connectivity index (χ3n) is 1.90. The van der Waals surface area contributed by atoms with Crippen molar-refractivity contribution in [1.29, 1.82) is 0 Å². The highest BCUT2D eigenvalue weighted by molar-refractivity contribution is 6.77. The molecule has 1 aromatic carbocycles. The molecule has 0 saturated carbocycles. The van der Waals surface area contributed by atoms with E-state index in [0.717, 1.165) is 5.69 Å². The fraction of sp³-hybridized carbons (Fsp3) is 0.300. The number of hydrogen-bond acceptors (Lipinski definition) is 2. The summed E-state index contributed by atoms with van der Waals surface area (Å²) in [6.07, 6.45) is 0. The first-order valence-corrected chi connectivity index (χ1v) is 5.34. The summed E-state index contributed by atoms with van der Waals surface area (Å²) < 4.78 is -1.89. The first-order chi connectivity index (χ1) is 6.82. The van der Waals surface area contributed by atoms with Crippen molar-refractivity contribution in [2.45, 2.75) is 3.79 Å². The SMILES string of the molecule is CN(C)c1ccc(C(=O)C(Cl)(Cl)Cl)cc1. The Bertz CT molecular complexity index is 354. The van der Waals surface area contributed by atoms with E-state index in [1.807, 2.05) is 19.0 Å². The van der Waals surface area contributed by atoms with Crippen LogP contribution in [0.4, 0.5) is 5.69 Å². The van der Waals surface area contributed by atoms with E-state index in [1.54, 1.807) is 24.3 Å². The summed E-state index contributed by atoms with van der Waals surface area (Å²) in [7, 11) is 3.82. The third-order valence-corrected chi connectivity index (χ3v) is 2.42. The number of alkyl halides is 3. The van der Waals surface area contributed by atoms with Crippen LogP contribution in [-0.4, -0.2) is 23.7 Å². The minimum atomic E-state index is -1.89. The van der Waals surface area contributed by atoms with Crippen LogP contribution in [0.2, 0.25) is 0 Å². The lowest BCUT2D eigenvalue weighted by Crippen LogP contribution is -2.19. The number of anilines is 1. The van der Waals surface area contributed by atoms with Gasteiger partial charge in [-0.3, -0.25) is 4.79 Å². The summed E-state index contributed by atoms with van der Waals surface area (Å²) in [4.78, 5) is 13.5. The van der Waals surface area contributed by atoms with E-state index >= 15 is 0 Å². The Hall–Kier alpha value is -0.440. The summed E-state index contributed by atoms with van der Waals surface area (Å²) in [6.45, 7) is 0. The van der Waals surface area contributed by atoms with Crippen LogP contribution in [0, 0.1) is 0 Å². The van der Waals surface area contributed by atoms with Crippen molar-refractivity contribution in [3.8, 4) is 0 Å². The zero-order chi connectivity index (χ0) is 11.6.